The zero-order valence-corrected chi connectivity index (χ0v) is 57.1. The first-order valence-electron chi connectivity index (χ1n) is 35.7. The summed E-state index contributed by atoms with van der Waals surface area (Å²) in [7, 11) is 0. The maximum absolute atomic E-state index is 2.45. The van der Waals surface area contributed by atoms with E-state index >= 15 is 0 Å². The van der Waals surface area contributed by atoms with E-state index in [-0.39, 0.29) is 10.8 Å². The lowest BCUT2D eigenvalue weighted by Crippen LogP contribution is -2.15. The molecule has 4 nitrogen and oxygen atoms in total. The van der Waals surface area contributed by atoms with Crippen molar-refractivity contribution in [2.24, 2.45) is 0 Å². The van der Waals surface area contributed by atoms with Crippen LogP contribution in [0.15, 0.2) is 340 Å². The average Bonchev–Trinajstić information content (AvgIpc) is 1.54. The maximum Gasteiger partial charge on any atom is 0.0547 e. The first-order chi connectivity index (χ1) is 50.2. The number of hydrogen-bond acceptors (Lipinski definition) is 0. The molecule has 16 aromatic carbocycles. The number of nitrogens with zero attached hydrogens (tertiary/aromatic N) is 4. The molecule has 2 aliphatic rings. The van der Waals surface area contributed by atoms with Crippen LogP contribution in [0.3, 0.4) is 0 Å². The minimum Gasteiger partial charge on any atom is -0.309 e. The van der Waals surface area contributed by atoms with Gasteiger partial charge in [0, 0.05) is 76.1 Å². The number of benzene rings is 16. The van der Waals surface area contributed by atoms with Gasteiger partial charge in [0.05, 0.1) is 55.5 Å². The Morgan fingerprint density at radius 1 is 0.216 bits per heavy atom. The van der Waals surface area contributed by atoms with Crippen LogP contribution in [-0.4, -0.2) is 18.3 Å². The molecule has 4 heterocycles. The number of para-hydroxylation sites is 4. The van der Waals surface area contributed by atoms with Gasteiger partial charge in [0.15, 0.2) is 0 Å². The molecule has 0 fully saturated rings. The molecular formula is C98H68N4. The van der Waals surface area contributed by atoms with E-state index in [0.29, 0.717) is 0 Å². The monoisotopic (exact) mass is 1300 g/mol. The Morgan fingerprint density at radius 3 is 1.12 bits per heavy atom. The molecule has 0 saturated carbocycles. The Hall–Kier alpha value is -12.8. The molecule has 0 aliphatic heterocycles. The quantitative estimate of drug-likeness (QED) is 0.158. The topological polar surface area (TPSA) is 19.7 Å². The molecule has 0 amide bonds. The lowest BCUT2D eigenvalue weighted by molar-refractivity contribution is 0.661. The second-order valence-corrected chi connectivity index (χ2v) is 29.1. The van der Waals surface area contributed by atoms with Crippen molar-refractivity contribution in [3.63, 3.8) is 0 Å². The van der Waals surface area contributed by atoms with Gasteiger partial charge in [-0.2, -0.15) is 0 Å². The summed E-state index contributed by atoms with van der Waals surface area (Å²) in [5.74, 6) is 0. The smallest absolute Gasteiger partial charge is 0.0547 e. The molecule has 0 unspecified atom stereocenters. The molecule has 4 aromatic heterocycles. The molecule has 102 heavy (non-hydrogen) atoms. The first kappa shape index (κ1) is 58.2. The number of rotatable bonds is 6. The fraction of sp³-hybridized carbons (Fsp3) is 0.0612. The summed E-state index contributed by atoms with van der Waals surface area (Å²) in [6.07, 6.45) is 0. The van der Waals surface area contributed by atoms with E-state index in [1.54, 1.807) is 0 Å². The second-order valence-electron chi connectivity index (χ2n) is 29.1. The van der Waals surface area contributed by atoms with Crippen LogP contribution >= 0.6 is 0 Å². The summed E-state index contributed by atoms with van der Waals surface area (Å²) < 4.78 is 9.78. The van der Waals surface area contributed by atoms with Crippen molar-refractivity contribution in [3.8, 4) is 67.3 Å². The summed E-state index contributed by atoms with van der Waals surface area (Å²) in [6, 6.07) is 126. The van der Waals surface area contributed by atoms with Crippen LogP contribution in [0, 0.1) is 0 Å². The van der Waals surface area contributed by atoms with Gasteiger partial charge in [-0.15, -0.1) is 0 Å². The minimum absolute atomic E-state index is 0.0672. The Morgan fingerprint density at radius 2 is 0.588 bits per heavy atom. The molecular weight excluding hydrogens is 1230 g/mol. The summed E-state index contributed by atoms with van der Waals surface area (Å²) in [5.41, 5.74) is 30.4. The molecule has 4 heteroatoms. The van der Waals surface area contributed by atoms with Crippen molar-refractivity contribution in [3.05, 3.63) is 362 Å². The van der Waals surface area contributed by atoms with Gasteiger partial charge >= 0.3 is 0 Å². The number of fused-ring (bicyclic) bond motifs is 22. The summed E-state index contributed by atoms with van der Waals surface area (Å²) >= 11 is 0. The van der Waals surface area contributed by atoms with E-state index in [1.165, 1.54) is 198 Å². The van der Waals surface area contributed by atoms with E-state index in [0.717, 1.165) is 0 Å². The Bertz CT molecular complexity index is 6910. The van der Waals surface area contributed by atoms with Gasteiger partial charge in [0.2, 0.25) is 0 Å². The molecule has 20 aromatic rings. The molecule has 0 saturated heterocycles. The van der Waals surface area contributed by atoms with Crippen molar-refractivity contribution in [1.82, 2.24) is 18.3 Å². The molecule has 22 rings (SSSR count). The normalized spacial score (nSPS) is 13.5. The van der Waals surface area contributed by atoms with Crippen LogP contribution in [0.5, 0.6) is 0 Å². The van der Waals surface area contributed by atoms with Crippen LogP contribution < -0.4 is 0 Å². The Labute approximate surface area is 591 Å². The minimum atomic E-state index is -0.125. The van der Waals surface area contributed by atoms with Crippen molar-refractivity contribution < 1.29 is 0 Å². The fourth-order valence-corrected chi connectivity index (χ4v) is 18.4. The van der Waals surface area contributed by atoms with Gasteiger partial charge in [0.25, 0.3) is 0 Å². The van der Waals surface area contributed by atoms with E-state index in [4.69, 9.17) is 0 Å². The molecule has 480 valence electrons. The van der Waals surface area contributed by atoms with Crippen molar-refractivity contribution >= 4 is 109 Å². The third kappa shape index (κ3) is 8.32. The average molecular weight is 1300 g/mol. The predicted octanol–water partition coefficient (Wildman–Crippen LogP) is 26.0. The van der Waals surface area contributed by atoms with E-state index in [2.05, 4.69) is 386 Å². The molecule has 0 bridgehead atoms. The maximum atomic E-state index is 2.45. The van der Waals surface area contributed by atoms with Crippen LogP contribution in [0.4, 0.5) is 0 Å². The highest BCUT2D eigenvalue weighted by molar-refractivity contribution is 6.20. The number of aromatic nitrogens is 4. The highest BCUT2D eigenvalue weighted by Gasteiger charge is 2.39. The van der Waals surface area contributed by atoms with Crippen LogP contribution in [-0.2, 0) is 10.8 Å². The second kappa shape index (κ2) is 21.9. The molecule has 0 N–H and O–H groups in total. The SMILES string of the molecule is CC1(C)c2ccccc2-c2c1ccc1c2c2cc(-c3ccc4c(c3)c3ccccc3n4-c3cccc4ccccc34)ccc2n1-c1ccccc1.CC1(C)c2ccccc2-c2ccc3c(c21)c1cc(-c2ccc4c(c2)c2ccccc2n4-c2cccc4ccccc24)ccc1n3-c1ccccc1. The molecule has 0 spiro atoms. The highest BCUT2D eigenvalue weighted by atomic mass is 15.0. The van der Waals surface area contributed by atoms with Gasteiger partial charge in [-0.25, -0.2) is 0 Å². The van der Waals surface area contributed by atoms with Gasteiger partial charge in [-0.05, 0) is 187 Å². The van der Waals surface area contributed by atoms with Gasteiger partial charge in [-0.1, -0.05) is 258 Å². The van der Waals surface area contributed by atoms with E-state index in [1.807, 2.05) is 0 Å². The highest BCUT2D eigenvalue weighted by Crippen LogP contribution is 2.56. The zero-order valence-electron chi connectivity index (χ0n) is 57.1. The Balaban J connectivity index is 0.000000133. The number of hydrogen-bond donors (Lipinski definition) is 0. The third-order valence-electron chi connectivity index (χ3n) is 23.0. The standard InChI is InChI=1S/2C49H34N2/c1-49(2)40-20-10-8-19-37(40)47-41(49)25-28-46-48(47)39-30-33(24-27-45(39)50(46)34-15-4-3-5-16-34)32-23-26-44-38(29-32)36-18-9-11-21-43(36)51(44)42-22-12-14-31-13-6-7-17-35(31)42;1-49(2)41-20-10-8-18-36(41)38-25-28-46-47(48(38)49)40-30-33(24-27-45(40)50(46)34-15-4-3-5-16-34)32-23-26-44-39(29-32)37-19-9-11-21-43(37)51(44)42-22-12-14-31-13-6-7-17-35(31)42/h2*3-30H,1-2H3. The van der Waals surface area contributed by atoms with Gasteiger partial charge < -0.3 is 18.3 Å². The Kier molecular flexibility index (Phi) is 12.5. The zero-order chi connectivity index (χ0) is 67.7. The van der Waals surface area contributed by atoms with Gasteiger partial charge in [-0.3, -0.25) is 0 Å². The molecule has 2 aliphatic carbocycles. The summed E-state index contributed by atoms with van der Waals surface area (Å²) in [4.78, 5) is 0. The van der Waals surface area contributed by atoms with Crippen molar-refractivity contribution in [2.75, 3.05) is 0 Å². The van der Waals surface area contributed by atoms with Crippen LogP contribution in [0.1, 0.15) is 49.9 Å². The lowest BCUT2D eigenvalue weighted by Gasteiger charge is -2.22. The fourth-order valence-electron chi connectivity index (χ4n) is 18.4. The van der Waals surface area contributed by atoms with E-state index in [9.17, 15) is 0 Å². The molecule has 0 atom stereocenters. The molecule has 0 radical (unpaired) electrons. The van der Waals surface area contributed by atoms with Crippen molar-refractivity contribution in [1.29, 1.82) is 0 Å². The first-order valence-corrected chi connectivity index (χ1v) is 35.7. The van der Waals surface area contributed by atoms with Crippen LogP contribution in [0.2, 0.25) is 0 Å². The van der Waals surface area contributed by atoms with Crippen LogP contribution in [0.25, 0.3) is 176 Å². The third-order valence-corrected chi connectivity index (χ3v) is 23.0. The van der Waals surface area contributed by atoms with Crippen molar-refractivity contribution in [2.45, 2.75) is 38.5 Å². The summed E-state index contributed by atoms with van der Waals surface area (Å²) in [6.45, 7) is 9.53. The lowest BCUT2D eigenvalue weighted by atomic mass is 9.80. The predicted molar refractivity (Wildman–Crippen MR) is 431 cm³/mol. The van der Waals surface area contributed by atoms with Gasteiger partial charge in [0.1, 0.15) is 0 Å². The van der Waals surface area contributed by atoms with E-state index < -0.39 is 0 Å². The largest absolute Gasteiger partial charge is 0.309 e. The summed E-state index contributed by atoms with van der Waals surface area (Å²) in [5, 5.41) is 15.3.